The summed E-state index contributed by atoms with van der Waals surface area (Å²) in [6, 6.07) is 10.2. The molecule has 0 aliphatic heterocycles. The first-order valence-corrected chi connectivity index (χ1v) is 4.95. The third-order valence-electron chi connectivity index (χ3n) is 2.50. The van der Waals surface area contributed by atoms with E-state index in [1.54, 1.807) is 18.2 Å². The molecule has 0 heterocycles. The van der Waals surface area contributed by atoms with Crippen LogP contribution in [0.25, 0.3) is 10.8 Å². The van der Waals surface area contributed by atoms with E-state index in [9.17, 15) is 9.18 Å². The number of carbonyl (C=O) groups excluding carboxylic acids is 1. The van der Waals surface area contributed by atoms with E-state index in [4.69, 9.17) is 0 Å². The summed E-state index contributed by atoms with van der Waals surface area (Å²) in [4.78, 5) is 11.2. The van der Waals surface area contributed by atoms with E-state index >= 15 is 0 Å². The Bertz CT molecular complexity index is 529. The normalized spacial score (nSPS) is 10.4. The van der Waals surface area contributed by atoms with Crippen LogP contribution in [0.3, 0.4) is 0 Å². The molecular weight excluding hydrogens is 207 g/mol. The van der Waals surface area contributed by atoms with Crippen LogP contribution in [0.2, 0.25) is 0 Å². The maximum absolute atomic E-state index is 13.6. The van der Waals surface area contributed by atoms with Gasteiger partial charge in [0.1, 0.15) is 5.82 Å². The minimum absolute atomic E-state index is 0.0920. The topological polar surface area (TPSA) is 26.3 Å². The van der Waals surface area contributed by atoms with E-state index in [-0.39, 0.29) is 18.2 Å². The summed E-state index contributed by atoms with van der Waals surface area (Å²) in [5.41, 5.74) is 0.655. The smallest absolute Gasteiger partial charge is 0.310 e. The van der Waals surface area contributed by atoms with Gasteiger partial charge in [-0.15, -0.1) is 0 Å². The number of esters is 1. The maximum Gasteiger partial charge on any atom is 0.310 e. The second kappa shape index (κ2) is 4.31. The van der Waals surface area contributed by atoms with Crippen LogP contribution < -0.4 is 0 Å². The Kier molecular flexibility index (Phi) is 2.86. The number of hydrogen-bond donors (Lipinski definition) is 0. The molecule has 0 saturated heterocycles. The van der Waals surface area contributed by atoms with Gasteiger partial charge >= 0.3 is 5.97 Å². The molecule has 0 aliphatic carbocycles. The largest absolute Gasteiger partial charge is 0.469 e. The zero-order valence-electron chi connectivity index (χ0n) is 8.87. The summed E-state index contributed by atoms with van der Waals surface area (Å²) in [6.45, 7) is 0. The van der Waals surface area contributed by atoms with E-state index in [0.717, 1.165) is 5.39 Å². The molecule has 0 spiro atoms. The lowest BCUT2D eigenvalue weighted by molar-refractivity contribution is -0.139. The molecule has 16 heavy (non-hydrogen) atoms. The number of carbonyl (C=O) groups is 1. The Morgan fingerprint density at radius 1 is 1.25 bits per heavy atom. The lowest BCUT2D eigenvalue weighted by atomic mass is 10.0. The first kappa shape index (κ1) is 10.6. The highest BCUT2D eigenvalue weighted by molar-refractivity contribution is 5.89. The van der Waals surface area contributed by atoms with Crippen LogP contribution in [0, 0.1) is 5.82 Å². The van der Waals surface area contributed by atoms with Gasteiger partial charge in [0.15, 0.2) is 0 Å². The second-order valence-corrected chi connectivity index (χ2v) is 3.51. The minimum atomic E-state index is -0.365. The predicted molar refractivity (Wildman–Crippen MR) is 59.6 cm³/mol. The summed E-state index contributed by atoms with van der Waals surface area (Å²) in [5, 5.41) is 1.29. The SMILES string of the molecule is COC(=O)Cc1cccc2cccc(F)c12. The fraction of sp³-hybridized carbons (Fsp3) is 0.154. The van der Waals surface area contributed by atoms with Crippen molar-refractivity contribution in [2.24, 2.45) is 0 Å². The summed E-state index contributed by atoms with van der Waals surface area (Å²) in [6.07, 6.45) is 0.0920. The third kappa shape index (κ3) is 1.89. The Morgan fingerprint density at radius 3 is 2.62 bits per heavy atom. The molecule has 0 amide bonds. The lowest BCUT2D eigenvalue weighted by Crippen LogP contribution is -2.05. The number of benzene rings is 2. The van der Waals surface area contributed by atoms with Crippen molar-refractivity contribution in [2.75, 3.05) is 7.11 Å². The van der Waals surface area contributed by atoms with Crippen LogP contribution in [0.15, 0.2) is 36.4 Å². The molecule has 3 heteroatoms. The Labute approximate surface area is 92.6 Å². The Morgan fingerprint density at radius 2 is 1.94 bits per heavy atom. The van der Waals surface area contributed by atoms with Crippen molar-refractivity contribution in [3.05, 3.63) is 47.8 Å². The van der Waals surface area contributed by atoms with Gasteiger partial charge in [-0.3, -0.25) is 4.79 Å². The average molecular weight is 218 g/mol. The monoisotopic (exact) mass is 218 g/mol. The number of methoxy groups -OCH3 is 1. The molecule has 0 bridgehead atoms. The second-order valence-electron chi connectivity index (χ2n) is 3.51. The molecule has 0 radical (unpaired) electrons. The van der Waals surface area contributed by atoms with E-state index < -0.39 is 0 Å². The van der Waals surface area contributed by atoms with E-state index in [1.165, 1.54) is 13.2 Å². The van der Waals surface area contributed by atoms with Crippen LogP contribution in [0.1, 0.15) is 5.56 Å². The maximum atomic E-state index is 13.6. The molecule has 2 nitrogen and oxygen atoms in total. The summed E-state index contributed by atoms with van der Waals surface area (Å²) < 4.78 is 18.2. The van der Waals surface area contributed by atoms with Crippen molar-refractivity contribution in [3.63, 3.8) is 0 Å². The van der Waals surface area contributed by atoms with Gasteiger partial charge in [-0.25, -0.2) is 4.39 Å². The van der Waals surface area contributed by atoms with Crippen LogP contribution in [-0.4, -0.2) is 13.1 Å². The third-order valence-corrected chi connectivity index (χ3v) is 2.50. The molecule has 0 N–H and O–H groups in total. The Hall–Kier alpha value is -1.90. The van der Waals surface area contributed by atoms with Crippen molar-refractivity contribution in [1.29, 1.82) is 0 Å². The molecule has 2 aromatic rings. The standard InChI is InChI=1S/C13H11FO2/c1-16-12(15)8-10-6-2-4-9-5-3-7-11(14)13(9)10/h2-7H,8H2,1H3. The quantitative estimate of drug-likeness (QED) is 0.724. The van der Waals surface area contributed by atoms with Gasteiger partial charge in [-0.1, -0.05) is 30.3 Å². The highest BCUT2D eigenvalue weighted by Gasteiger charge is 2.09. The zero-order valence-corrected chi connectivity index (χ0v) is 8.87. The average Bonchev–Trinajstić information content (AvgIpc) is 2.29. The van der Waals surface area contributed by atoms with Crippen LogP contribution in [0.5, 0.6) is 0 Å². The van der Waals surface area contributed by atoms with Gasteiger partial charge in [0.25, 0.3) is 0 Å². The van der Waals surface area contributed by atoms with Gasteiger partial charge in [0, 0.05) is 5.39 Å². The molecule has 0 unspecified atom stereocenters. The van der Waals surface area contributed by atoms with Crippen LogP contribution in [-0.2, 0) is 16.0 Å². The zero-order chi connectivity index (χ0) is 11.5. The Balaban J connectivity index is 2.56. The van der Waals surface area contributed by atoms with Gasteiger partial charge in [-0.05, 0) is 17.0 Å². The number of hydrogen-bond acceptors (Lipinski definition) is 2. The summed E-state index contributed by atoms with van der Waals surface area (Å²) >= 11 is 0. The van der Waals surface area contributed by atoms with Gasteiger partial charge in [0.05, 0.1) is 13.5 Å². The number of halogens is 1. The number of fused-ring (bicyclic) bond motifs is 1. The minimum Gasteiger partial charge on any atom is -0.469 e. The first-order chi connectivity index (χ1) is 7.72. The van der Waals surface area contributed by atoms with Crippen molar-refractivity contribution in [1.82, 2.24) is 0 Å². The van der Waals surface area contributed by atoms with E-state index in [2.05, 4.69) is 4.74 Å². The molecule has 2 rings (SSSR count). The fourth-order valence-corrected chi connectivity index (χ4v) is 1.74. The number of ether oxygens (including phenoxy) is 1. The van der Waals surface area contributed by atoms with Gasteiger partial charge < -0.3 is 4.74 Å². The van der Waals surface area contributed by atoms with Crippen molar-refractivity contribution < 1.29 is 13.9 Å². The number of rotatable bonds is 2. The van der Waals surface area contributed by atoms with Crippen molar-refractivity contribution in [3.8, 4) is 0 Å². The van der Waals surface area contributed by atoms with Crippen LogP contribution in [0.4, 0.5) is 4.39 Å². The van der Waals surface area contributed by atoms with E-state index in [0.29, 0.717) is 10.9 Å². The van der Waals surface area contributed by atoms with Crippen molar-refractivity contribution >= 4 is 16.7 Å². The predicted octanol–water partition coefficient (Wildman–Crippen LogP) is 2.69. The summed E-state index contributed by atoms with van der Waals surface area (Å²) in [5.74, 6) is -0.673. The van der Waals surface area contributed by atoms with E-state index in [1.807, 2.05) is 12.1 Å². The van der Waals surface area contributed by atoms with Gasteiger partial charge in [-0.2, -0.15) is 0 Å². The fourth-order valence-electron chi connectivity index (χ4n) is 1.74. The molecule has 82 valence electrons. The molecular formula is C13H11FO2. The first-order valence-electron chi connectivity index (χ1n) is 4.95. The molecule has 0 fully saturated rings. The molecule has 0 aliphatic rings. The molecule has 2 aromatic carbocycles. The van der Waals surface area contributed by atoms with Gasteiger partial charge in [0.2, 0.25) is 0 Å². The summed E-state index contributed by atoms with van der Waals surface area (Å²) in [7, 11) is 1.32. The molecule has 0 aromatic heterocycles. The van der Waals surface area contributed by atoms with Crippen molar-refractivity contribution in [2.45, 2.75) is 6.42 Å². The highest BCUT2D eigenvalue weighted by Crippen LogP contribution is 2.22. The highest BCUT2D eigenvalue weighted by atomic mass is 19.1. The molecule has 0 atom stereocenters. The lowest BCUT2D eigenvalue weighted by Gasteiger charge is -2.06. The molecule has 0 saturated carbocycles. The van der Waals surface area contributed by atoms with Crippen LogP contribution >= 0.6 is 0 Å².